The lowest BCUT2D eigenvalue weighted by atomic mass is 9.90. The first-order chi connectivity index (χ1) is 22.2. The summed E-state index contributed by atoms with van der Waals surface area (Å²) in [4.78, 5) is 26.2. The van der Waals surface area contributed by atoms with Crippen LogP contribution in [0.5, 0.6) is 5.75 Å². The van der Waals surface area contributed by atoms with Crippen molar-refractivity contribution in [3.63, 3.8) is 0 Å². The van der Waals surface area contributed by atoms with E-state index in [9.17, 15) is 18.0 Å². The lowest BCUT2D eigenvalue weighted by molar-refractivity contribution is -0.117. The number of ether oxygens (including phenoxy) is 1. The number of hydrogen-bond donors (Lipinski definition) is 4. The number of hydrogen-bond acceptors (Lipinski definition) is 6. The highest BCUT2D eigenvalue weighted by Gasteiger charge is 2.25. The van der Waals surface area contributed by atoms with Crippen molar-refractivity contribution in [2.24, 2.45) is 0 Å². The topological polar surface area (TPSA) is 150 Å². The molecule has 46 heavy (non-hydrogen) atoms. The summed E-state index contributed by atoms with van der Waals surface area (Å²) in [5.41, 5.74) is 6.67. The standard InChI is InChI=1S/C35H32N4O6S/c40-34(36-19-20-46(42,43)44)27-7-5-23(6-8-27)21-30(24-9-11-25(12-10-24)31-17-18-37-39-31)35(41)38-29-15-13-26(14-16-29)33-22-28-3-1-2-4-32(28)45-33/h1-18,30,33H,19-22H2,(H,36,40)(H,37,39)(H,38,41)(H,42,43,44). The van der Waals surface area contributed by atoms with Crippen LogP contribution in [0.2, 0.25) is 0 Å². The zero-order valence-corrected chi connectivity index (χ0v) is 25.5. The van der Waals surface area contributed by atoms with Crippen molar-refractivity contribution >= 4 is 27.6 Å². The van der Waals surface area contributed by atoms with Gasteiger partial charge in [0, 0.05) is 30.4 Å². The van der Waals surface area contributed by atoms with Gasteiger partial charge in [-0.15, -0.1) is 0 Å². The lowest BCUT2D eigenvalue weighted by Crippen LogP contribution is -2.28. The molecule has 1 aliphatic heterocycles. The molecule has 2 unspecified atom stereocenters. The van der Waals surface area contributed by atoms with Crippen LogP contribution in [0.15, 0.2) is 109 Å². The number of para-hydroxylation sites is 1. The number of carbonyl (C=O) groups excluding carboxylic acids is 2. The van der Waals surface area contributed by atoms with Gasteiger partial charge >= 0.3 is 0 Å². The average Bonchev–Trinajstić information content (AvgIpc) is 3.75. The third-order valence-corrected chi connectivity index (χ3v) is 8.66. The minimum Gasteiger partial charge on any atom is -0.485 e. The van der Waals surface area contributed by atoms with Gasteiger partial charge in [0.15, 0.2) is 0 Å². The molecule has 0 bridgehead atoms. The summed E-state index contributed by atoms with van der Waals surface area (Å²) < 4.78 is 36.9. The first kappa shape index (κ1) is 30.8. The van der Waals surface area contributed by atoms with Crippen LogP contribution >= 0.6 is 0 Å². The Labute approximate surface area is 266 Å². The van der Waals surface area contributed by atoms with Gasteiger partial charge in [-0.2, -0.15) is 13.5 Å². The maximum Gasteiger partial charge on any atom is 0.266 e. The molecular formula is C35H32N4O6S. The molecule has 10 nitrogen and oxygen atoms in total. The molecule has 0 radical (unpaired) electrons. The van der Waals surface area contributed by atoms with E-state index >= 15 is 0 Å². The number of benzene rings is 4. The summed E-state index contributed by atoms with van der Waals surface area (Å²) in [6.07, 6.45) is 2.77. The molecule has 0 aliphatic carbocycles. The third kappa shape index (κ3) is 7.51. The van der Waals surface area contributed by atoms with Crippen molar-refractivity contribution in [1.82, 2.24) is 15.5 Å². The van der Waals surface area contributed by atoms with Gasteiger partial charge in [-0.05, 0) is 70.6 Å². The van der Waals surface area contributed by atoms with Gasteiger partial charge in [0.05, 0.1) is 17.4 Å². The van der Waals surface area contributed by atoms with E-state index in [-0.39, 0.29) is 18.6 Å². The lowest BCUT2D eigenvalue weighted by Gasteiger charge is -2.19. The maximum absolute atomic E-state index is 13.8. The van der Waals surface area contributed by atoms with E-state index in [2.05, 4.69) is 26.9 Å². The van der Waals surface area contributed by atoms with Crippen LogP contribution in [0.25, 0.3) is 11.3 Å². The van der Waals surface area contributed by atoms with Gasteiger partial charge in [0.25, 0.3) is 16.0 Å². The van der Waals surface area contributed by atoms with Crippen molar-refractivity contribution in [3.05, 3.63) is 137 Å². The predicted octanol–water partition coefficient (Wildman–Crippen LogP) is 5.34. The molecule has 234 valence electrons. The van der Waals surface area contributed by atoms with Crippen LogP contribution in [0.4, 0.5) is 5.69 Å². The molecule has 6 rings (SSSR count). The van der Waals surface area contributed by atoms with Gasteiger partial charge in [-0.1, -0.05) is 66.7 Å². The van der Waals surface area contributed by atoms with E-state index in [4.69, 9.17) is 9.29 Å². The fourth-order valence-electron chi connectivity index (χ4n) is 5.48. The smallest absolute Gasteiger partial charge is 0.266 e. The van der Waals surface area contributed by atoms with Gasteiger partial charge in [0.1, 0.15) is 11.9 Å². The molecule has 0 saturated carbocycles. The van der Waals surface area contributed by atoms with E-state index in [1.165, 1.54) is 5.56 Å². The number of nitrogens with zero attached hydrogens (tertiary/aromatic N) is 1. The van der Waals surface area contributed by atoms with Crippen molar-refractivity contribution in [1.29, 1.82) is 0 Å². The van der Waals surface area contributed by atoms with Gasteiger partial charge in [-0.3, -0.25) is 19.2 Å². The zero-order valence-electron chi connectivity index (χ0n) is 24.7. The molecule has 4 aromatic carbocycles. The fraction of sp³-hybridized carbons (Fsp3) is 0.171. The number of fused-ring (bicyclic) bond motifs is 1. The molecular weight excluding hydrogens is 604 g/mol. The minimum atomic E-state index is -4.17. The number of aromatic nitrogens is 2. The number of H-pyrrole nitrogens is 1. The summed E-state index contributed by atoms with van der Waals surface area (Å²) in [6.45, 7) is -0.210. The zero-order chi connectivity index (χ0) is 32.1. The van der Waals surface area contributed by atoms with Crippen LogP contribution < -0.4 is 15.4 Å². The summed E-state index contributed by atoms with van der Waals surface area (Å²) in [7, 11) is -4.17. The number of rotatable bonds is 11. The Morgan fingerprint density at radius 3 is 2.35 bits per heavy atom. The monoisotopic (exact) mass is 636 g/mol. The number of carbonyl (C=O) groups is 2. The normalized spacial score (nSPS) is 14.6. The number of amides is 2. The average molecular weight is 637 g/mol. The molecule has 0 saturated heterocycles. The summed E-state index contributed by atoms with van der Waals surface area (Å²) in [6, 6.07) is 32.1. The van der Waals surface area contributed by atoms with Crippen LogP contribution in [0.3, 0.4) is 0 Å². The Hall–Kier alpha value is -5.26. The Balaban J connectivity index is 1.17. The van der Waals surface area contributed by atoms with Gasteiger partial charge in [0.2, 0.25) is 5.91 Å². The number of nitrogens with one attached hydrogen (secondary N) is 3. The van der Waals surface area contributed by atoms with Crippen LogP contribution in [-0.2, 0) is 27.8 Å². The first-order valence-electron chi connectivity index (χ1n) is 14.8. The second-order valence-electron chi connectivity index (χ2n) is 11.1. The van der Waals surface area contributed by atoms with Crippen molar-refractivity contribution in [2.75, 3.05) is 17.6 Å². The molecule has 11 heteroatoms. The Morgan fingerprint density at radius 2 is 1.67 bits per heavy atom. The van der Waals surface area contributed by atoms with Gasteiger partial charge in [-0.25, -0.2) is 0 Å². The van der Waals surface area contributed by atoms with E-state index in [0.29, 0.717) is 17.7 Å². The molecule has 1 aromatic heterocycles. The van der Waals surface area contributed by atoms with Crippen LogP contribution in [0.1, 0.15) is 44.6 Å². The van der Waals surface area contributed by atoms with E-state index in [0.717, 1.165) is 40.1 Å². The largest absolute Gasteiger partial charge is 0.485 e. The Bertz CT molecular complexity index is 1900. The number of aromatic amines is 1. The fourth-order valence-corrected chi connectivity index (χ4v) is 5.84. The predicted molar refractivity (Wildman–Crippen MR) is 174 cm³/mol. The first-order valence-corrected chi connectivity index (χ1v) is 16.4. The highest BCUT2D eigenvalue weighted by atomic mass is 32.2. The Morgan fingerprint density at radius 1 is 0.935 bits per heavy atom. The molecule has 1 aliphatic rings. The summed E-state index contributed by atoms with van der Waals surface area (Å²) in [5.74, 6) is -0.861. The highest BCUT2D eigenvalue weighted by molar-refractivity contribution is 7.85. The van der Waals surface area contributed by atoms with Crippen LogP contribution in [0, 0.1) is 0 Å². The minimum absolute atomic E-state index is 0.0731. The number of anilines is 1. The second kappa shape index (κ2) is 13.4. The van der Waals surface area contributed by atoms with E-state index in [1.807, 2.05) is 72.8 Å². The molecule has 2 amide bonds. The van der Waals surface area contributed by atoms with Crippen LogP contribution in [-0.4, -0.2) is 47.3 Å². The molecule has 4 N–H and O–H groups in total. The van der Waals surface area contributed by atoms with Crippen molar-refractivity contribution in [3.8, 4) is 17.0 Å². The summed E-state index contributed by atoms with van der Waals surface area (Å²) in [5, 5.41) is 12.5. The molecule has 2 atom stereocenters. The van der Waals surface area contributed by atoms with E-state index < -0.39 is 27.7 Å². The highest BCUT2D eigenvalue weighted by Crippen LogP contribution is 2.36. The third-order valence-electron chi connectivity index (χ3n) is 7.94. The maximum atomic E-state index is 13.8. The van der Waals surface area contributed by atoms with Gasteiger partial charge < -0.3 is 15.4 Å². The summed E-state index contributed by atoms with van der Waals surface area (Å²) >= 11 is 0. The quantitative estimate of drug-likeness (QED) is 0.143. The Kier molecular flexibility index (Phi) is 8.95. The SMILES string of the molecule is O=C(NCCS(=O)(=O)O)c1ccc(CC(C(=O)Nc2ccc(C3Cc4ccccc4O3)cc2)c2ccc(-c3ccn[nH]3)cc2)cc1. The van der Waals surface area contributed by atoms with Crippen molar-refractivity contribution < 1.29 is 27.3 Å². The molecule has 0 spiro atoms. The second-order valence-corrected chi connectivity index (χ2v) is 12.7. The molecule has 2 heterocycles. The van der Waals surface area contributed by atoms with Crippen molar-refractivity contribution in [2.45, 2.75) is 24.9 Å². The van der Waals surface area contributed by atoms with E-state index in [1.54, 1.807) is 30.5 Å². The molecule has 0 fully saturated rings. The molecule has 5 aromatic rings.